The molecule has 0 aromatic heterocycles. The molecule has 0 radical (unpaired) electrons. The van der Waals surface area contributed by atoms with E-state index in [4.69, 9.17) is 22.1 Å². The molecule has 0 fully saturated rings. The lowest BCUT2D eigenvalue weighted by molar-refractivity contribution is 0.0601. The van der Waals surface area contributed by atoms with Gasteiger partial charge in [-0.2, -0.15) is 0 Å². The molecule has 1 aromatic carbocycles. The number of methoxy groups -OCH3 is 1. The number of nitrogens with two attached hydrogens (primary N) is 1. The molecule has 0 saturated carbocycles. The third-order valence-corrected chi connectivity index (χ3v) is 2.03. The summed E-state index contributed by atoms with van der Waals surface area (Å²) in [7, 11) is 1.28. The maximum atomic E-state index is 11.3. The fourth-order valence-electron chi connectivity index (χ4n) is 1.15. The van der Waals surface area contributed by atoms with E-state index in [-0.39, 0.29) is 11.3 Å². The first-order valence-electron chi connectivity index (χ1n) is 4.40. The standard InChI is InChI=1S/C10H12ClNO3/c1-3-15-8-5-6(11)4-7(9(8)12)10(13)14-2/h4-5H,3,12H2,1-2H3. The van der Waals surface area contributed by atoms with E-state index in [1.54, 1.807) is 6.07 Å². The minimum Gasteiger partial charge on any atom is -0.492 e. The summed E-state index contributed by atoms with van der Waals surface area (Å²) in [6, 6.07) is 3.01. The lowest BCUT2D eigenvalue weighted by atomic mass is 10.1. The molecule has 5 heteroatoms. The summed E-state index contributed by atoms with van der Waals surface area (Å²) in [5.41, 5.74) is 6.19. The van der Waals surface area contributed by atoms with E-state index in [0.29, 0.717) is 17.4 Å². The van der Waals surface area contributed by atoms with Gasteiger partial charge in [0, 0.05) is 11.1 Å². The van der Waals surface area contributed by atoms with Crippen molar-refractivity contribution in [3.63, 3.8) is 0 Å². The summed E-state index contributed by atoms with van der Waals surface area (Å²) in [6.45, 7) is 2.27. The molecular weight excluding hydrogens is 218 g/mol. The number of esters is 1. The number of carbonyl (C=O) groups excluding carboxylic acids is 1. The summed E-state index contributed by atoms with van der Waals surface area (Å²) in [5.74, 6) is -0.138. The first kappa shape index (κ1) is 11.7. The van der Waals surface area contributed by atoms with Gasteiger partial charge >= 0.3 is 5.97 Å². The van der Waals surface area contributed by atoms with E-state index in [1.807, 2.05) is 6.92 Å². The summed E-state index contributed by atoms with van der Waals surface area (Å²) in [4.78, 5) is 11.3. The average Bonchev–Trinajstić information content (AvgIpc) is 2.22. The van der Waals surface area contributed by atoms with Crippen molar-refractivity contribution in [3.8, 4) is 5.75 Å². The van der Waals surface area contributed by atoms with Gasteiger partial charge in [0.05, 0.1) is 25.0 Å². The molecule has 0 aliphatic carbocycles. The maximum absolute atomic E-state index is 11.3. The highest BCUT2D eigenvalue weighted by atomic mass is 35.5. The van der Waals surface area contributed by atoms with Crippen molar-refractivity contribution in [1.82, 2.24) is 0 Å². The number of nitrogen functional groups attached to an aromatic ring is 1. The van der Waals surface area contributed by atoms with Crippen LogP contribution in [0, 0.1) is 0 Å². The van der Waals surface area contributed by atoms with Crippen molar-refractivity contribution in [1.29, 1.82) is 0 Å². The largest absolute Gasteiger partial charge is 0.492 e. The third-order valence-electron chi connectivity index (χ3n) is 1.81. The Morgan fingerprint density at radius 1 is 1.53 bits per heavy atom. The molecule has 82 valence electrons. The number of halogens is 1. The Kier molecular flexibility index (Phi) is 3.80. The molecular formula is C10H12ClNO3. The lowest BCUT2D eigenvalue weighted by Crippen LogP contribution is -2.07. The normalized spacial score (nSPS) is 9.80. The second kappa shape index (κ2) is 4.89. The van der Waals surface area contributed by atoms with E-state index in [9.17, 15) is 4.79 Å². The number of hydrogen-bond donors (Lipinski definition) is 1. The second-order valence-electron chi connectivity index (χ2n) is 2.79. The summed E-state index contributed by atoms with van der Waals surface area (Å²) in [5, 5.41) is 0.382. The lowest BCUT2D eigenvalue weighted by Gasteiger charge is -2.10. The van der Waals surface area contributed by atoms with Crippen molar-refractivity contribution in [2.24, 2.45) is 0 Å². The number of rotatable bonds is 3. The molecule has 0 atom stereocenters. The van der Waals surface area contributed by atoms with Crippen molar-refractivity contribution >= 4 is 23.3 Å². The Morgan fingerprint density at radius 2 is 2.20 bits per heavy atom. The van der Waals surface area contributed by atoms with E-state index >= 15 is 0 Å². The van der Waals surface area contributed by atoms with Crippen LogP contribution in [-0.4, -0.2) is 19.7 Å². The quantitative estimate of drug-likeness (QED) is 0.637. The summed E-state index contributed by atoms with van der Waals surface area (Å²) < 4.78 is 9.81. The molecule has 15 heavy (non-hydrogen) atoms. The van der Waals surface area contributed by atoms with E-state index in [0.717, 1.165) is 0 Å². The highest BCUT2D eigenvalue weighted by Gasteiger charge is 2.15. The Hall–Kier alpha value is -1.42. The highest BCUT2D eigenvalue weighted by Crippen LogP contribution is 2.30. The van der Waals surface area contributed by atoms with Gasteiger partial charge in [0.15, 0.2) is 0 Å². The van der Waals surface area contributed by atoms with Crippen molar-refractivity contribution in [2.45, 2.75) is 6.92 Å². The van der Waals surface area contributed by atoms with Crippen LogP contribution < -0.4 is 10.5 Å². The van der Waals surface area contributed by atoms with Gasteiger partial charge in [0.25, 0.3) is 0 Å². The Bertz CT molecular complexity index is 379. The van der Waals surface area contributed by atoms with Crippen LogP contribution in [0.25, 0.3) is 0 Å². The zero-order valence-electron chi connectivity index (χ0n) is 8.54. The Morgan fingerprint density at radius 3 is 2.73 bits per heavy atom. The number of carbonyl (C=O) groups is 1. The monoisotopic (exact) mass is 229 g/mol. The first-order valence-corrected chi connectivity index (χ1v) is 4.78. The molecule has 0 unspecified atom stereocenters. The Labute approximate surface area is 92.9 Å². The molecule has 0 bridgehead atoms. The molecule has 0 aliphatic rings. The smallest absolute Gasteiger partial charge is 0.340 e. The summed E-state index contributed by atoms with van der Waals surface area (Å²) >= 11 is 5.82. The second-order valence-corrected chi connectivity index (χ2v) is 3.23. The maximum Gasteiger partial charge on any atom is 0.340 e. The van der Waals surface area contributed by atoms with Crippen LogP contribution in [0.1, 0.15) is 17.3 Å². The third kappa shape index (κ3) is 2.53. The predicted octanol–water partition coefficient (Wildman–Crippen LogP) is 2.11. The SMILES string of the molecule is CCOc1cc(Cl)cc(C(=O)OC)c1N. The van der Waals surface area contributed by atoms with Gasteiger partial charge in [-0.25, -0.2) is 4.79 Å². The molecule has 0 saturated heterocycles. The van der Waals surface area contributed by atoms with Crippen LogP contribution in [0.3, 0.4) is 0 Å². The van der Waals surface area contributed by atoms with Gasteiger partial charge in [0.1, 0.15) is 5.75 Å². The molecule has 1 aromatic rings. The molecule has 4 nitrogen and oxygen atoms in total. The number of benzene rings is 1. The average molecular weight is 230 g/mol. The van der Waals surface area contributed by atoms with Crippen molar-refractivity contribution < 1.29 is 14.3 Å². The van der Waals surface area contributed by atoms with Crippen LogP contribution in [0.2, 0.25) is 5.02 Å². The topological polar surface area (TPSA) is 61.5 Å². The molecule has 0 aliphatic heterocycles. The van der Waals surface area contributed by atoms with E-state index < -0.39 is 5.97 Å². The van der Waals surface area contributed by atoms with E-state index in [1.165, 1.54) is 13.2 Å². The number of hydrogen-bond acceptors (Lipinski definition) is 4. The van der Waals surface area contributed by atoms with Gasteiger partial charge in [-0.05, 0) is 13.0 Å². The van der Waals surface area contributed by atoms with Crippen LogP contribution >= 0.6 is 11.6 Å². The fraction of sp³-hybridized carbons (Fsp3) is 0.300. The minimum absolute atomic E-state index is 0.216. The zero-order chi connectivity index (χ0) is 11.4. The minimum atomic E-state index is -0.532. The zero-order valence-corrected chi connectivity index (χ0v) is 9.30. The molecule has 0 amide bonds. The molecule has 0 spiro atoms. The van der Waals surface area contributed by atoms with Gasteiger partial charge in [0.2, 0.25) is 0 Å². The van der Waals surface area contributed by atoms with Crippen LogP contribution in [0.4, 0.5) is 5.69 Å². The molecule has 2 N–H and O–H groups in total. The fourth-order valence-corrected chi connectivity index (χ4v) is 1.35. The first-order chi connectivity index (χ1) is 7.10. The molecule has 0 heterocycles. The number of ether oxygens (including phenoxy) is 2. The highest BCUT2D eigenvalue weighted by molar-refractivity contribution is 6.31. The van der Waals surface area contributed by atoms with Crippen molar-refractivity contribution in [3.05, 3.63) is 22.7 Å². The van der Waals surface area contributed by atoms with Crippen molar-refractivity contribution in [2.75, 3.05) is 19.5 Å². The van der Waals surface area contributed by atoms with Gasteiger partial charge in [-0.1, -0.05) is 11.6 Å². The van der Waals surface area contributed by atoms with Crippen LogP contribution in [-0.2, 0) is 4.74 Å². The van der Waals surface area contributed by atoms with Gasteiger partial charge in [-0.3, -0.25) is 0 Å². The predicted molar refractivity (Wildman–Crippen MR) is 58.4 cm³/mol. The molecule has 1 rings (SSSR count). The van der Waals surface area contributed by atoms with Gasteiger partial charge < -0.3 is 15.2 Å². The van der Waals surface area contributed by atoms with E-state index in [2.05, 4.69) is 4.74 Å². The van der Waals surface area contributed by atoms with Crippen LogP contribution in [0.5, 0.6) is 5.75 Å². The Balaban J connectivity index is 3.21. The summed E-state index contributed by atoms with van der Waals surface area (Å²) in [6.07, 6.45) is 0. The van der Waals surface area contributed by atoms with Gasteiger partial charge in [-0.15, -0.1) is 0 Å². The van der Waals surface area contributed by atoms with Crippen LogP contribution in [0.15, 0.2) is 12.1 Å². The number of anilines is 1.